The van der Waals surface area contributed by atoms with Gasteiger partial charge in [-0.1, -0.05) is 47.1 Å². The maximum atomic E-state index is 11.8. The van der Waals surface area contributed by atoms with Gasteiger partial charge in [-0.3, -0.25) is 4.79 Å². The molecule has 2 aromatic rings. The molecule has 0 aliphatic rings. The first-order valence-electron chi connectivity index (χ1n) is 5.45. The summed E-state index contributed by atoms with van der Waals surface area (Å²) in [4.78, 5) is 16.4. The normalized spacial score (nSPS) is 12.4. The summed E-state index contributed by atoms with van der Waals surface area (Å²) in [5.74, 6) is -0.137. The van der Waals surface area contributed by atoms with Crippen molar-refractivity contribution in [2.24, 2.45) is 0 Å². The van der Waals surface area contributed by atoms with E-state index in [9.17, 15) is 4.79 Å². The molecule has 2 rings (SSSR count). The summed E-state index contributed by atoms with van der Waals surface area (Å²) in [6, 6.07) is 11.4. The quantitative estimate of drug-likeness (QED) is 0.884. The van der Waals surface area contributed by atoms with Gasteiger partial charge in [0.2, 0.25) is 0 Å². The van der Waals surface area contributed by atoms with Crippen molar-refractivity contribution < 1.29 is 4.79 Å². The summed E-state index contributed by atoms with van der Waals surface area (Å²) in [5, 5.41) is 3.85. The molecular formula is C13H13BrN2O. The van der Waals surface area contributed by atoms with Gasteiger partial charge in [0.25, 0.3) is 5.91 Å². The van der Waals surface area contributed by atoms with E-state index in [-0.39, 0.29) is 10.7 Å². The second kappa shape index (κ2) is 5.27. The Balaban J connectivity index is 2.21. The maximum Gasteiger partial charge on any atom is 0.269 e. The van der Waals surface area contributed by atoms with E-state index in [2.05, 4.69) is 26.2 Å². The number of pyridine rings is 1. The molecule has 0 aliphatic heterocycles. The first-order chi connectivity index (χ1) is 8.16. The fraction of sp³-hybridized carbons (Fsp3) is 0.231. The Morgan fingerprint density at radius 3 is 2.88 bits per heavy atom. The molecular weight excluding hydrogens is 280 g/mol. The Labute approximate surface area is 108 Å². The van der Waals surface area contributed by atoms with Gasteiger partial charge in [0.15, 0.2) is 0 Å². The third kappa shape index (κ3) is 3.03. The number of benzene rings is 1. The number of aromatic nitrogens is 1. The van der Waals surface area contributed by atoms with E-state index in [1.165, 1.54) is 0 Å². The fourth-order valence-electron chi connectivity index (χ4n) is 1.52. The molecule has 88 valence electrons. The minimum Gasteiger partial charge on any atom is -0.350 e. The van der Waals surface area contributed by atoms with E-state index in [1.807, 2.05) is 37.3 Å². The van der Waals surface area contributed by atoms with Crippen molar-refractivity contribution in [3.63, 3.8) is 0 Å². The summed E-state index contributed by atoms with van der Waals surface area (Å²) in [7, 11) is 0. The number of carbonyl (C=O) groups excluding carboxylic acids is 1. The summed E-state index contributed by atoms with van der Waals surface area (Å²) >= 11 is 3.38. The van der Waals surface area contributed by atoms with Crippen molar-refractivity contribution in [3.05, 3.63) is 42.1 Å². The van der Waals surface area contributed by atoms with Gasteiger partial charge in [0, 0.05) is 16.8 Å². The van der Waals surface area contributed by atoms with Gasteiger partial charge in [-0.25, -0.2) is 4.98 Å². The Morgan fingerprint density at radius 1 is 1.35 bits per heavy atom. The predicted octanol–water partition coefficient (Wildman–Crippen LogP) is 2.75. The van der Waals surface area contributed by atoms with Crippen molar-refractivity contribution >= 4 is 32.7 Å². The molecule has 1 amide bonds. The van der Waals surface area contributed by atoms with E-state index in [0.29, 0.717) is 12.2 Å². The lowest BCUT2D eigenvalue weighted by atomic mass is 10.2. The third-order valence-electron chi connectivity index (χ3n) is 2.37. The zero-order valence-corrected chi connectivity index (χ0v) is 11.1. The lowest BCUT2D eigenvalue weighted by Gasteiger charge is -2.06. The van der Waals surface area contributed by atoms with Crippen LogP contribution in [0.3, 0.4) is 0 Å². The minimum absolute atomic E-state index is 0.137. The molecule has 1 atom stereocenters. The number of hydrogen-bond donors (Lipinski definition) is 1. The number of amides is 1. The van der Waals surface area contributed by atoms with Gasteiger partial charge in [-0.15, -0.1) is 0 Å². The smallest absolute Gasteiger partial charge is 0.269 e. The molecule has 1 aromatic carbocycles. The molecule has 17 heavy (non-hydrogen) atoms. The van der Waals surface area contributed by atoms with Crippen molar-refractivity contribution in [3.8, 4) is 0 Å². The van der Waals surface area contributed by atoms with Gasteiger partial charge >= 0.3 is 0 Å². The van der Waals surface area contributed by atoms with Crippen LogP contribution < -0.4 is 5.32 Å². The van der Waals surface area contributed by atoms with Gasteiger partial charge in [-0.2, -0.15) is 0 Å². The number of hydrogen-bond acceptors (Lipinski definition) is 2. The van der Waals surface area contributed by atoms with Crippen LogP contribution in [0, 0.1) is 0 Å². The highest BCUT2D eigenvalue weighted by Crippen LogP contribution is 2.11. The molecule has 1 unspecified atom stereocenters. The molecule has 0 saturated carbocycles. The van der Waals surface area contributed by atoms with Crippen molar-refractivity contribution in [1.82, 2.24) is 10.3 Å². The van der Waals surface area contributed by atoms with E-state index in [1.54, 1.807) is 6.07 Å². The average molecular weight is 293 g/mol. The molecule has 0 radical (unpaired) electrons. The van der Waals surface area contributed by atoms with Crippen LogP contribution in [0.2, 0.25) is 0 Å². The highest BCUT2D eigenvalue weighted by molar-refractivity contribution is 9.09. The van der Waals surface area contributed by atoms with Crippen molar-refractivity contribution in [2.45, 2.75) is 11.8 Å². The van der Waals surface area contributed by atoms with Crippen LogP contribution in [0.15, 0.2) is 36.4 Å². The maximum absolute atomic E-state index is 11.8. The van der Waals surface area contributed by atoms with Crippen LogP contribution in [-0.4, -0.2) is 22.3 Å². The number of alkyl halides is 1. The lowest BCUT2D eigenvalue weighted by molar-refractivity contribution is 0.0949. The minimum atomic E-state index is -0.137. The van der Waals surface area contributed by atoms with Crippen LogP contribution in [-0.2, 0) is 0 Å². The average Bonchev–Trinajstić information content (AvgIpc) is 2.35. The van der Waals surface area contributed by atoms with Crippen LogP contribution in [0.1, 0.15) is 17.4 Å². The number of para-hydroxylation sites is 1. The van der Waals surface area contributed by atoms with Gasteiger partial charge < -0.3 is 5.32 Å². The van der Waals surface area contributed by atoms with Crippen LogP contribution in [0.4, 0.5) is 0 Å². The molecule has 1 heterocycles. The van der Waals surface area contributed by atoms with Crippen LogP contribution >= 0.6 is 15.9 Å². The van der Waals surface area contributed by atoms with Gasteiger partial charge in [0.1, 0.15) is 5.69 Å². The molecule has 0 fully saturated rings. The second-order valence-corrected chi connectivity index (χ2v) is 5.44. The first-order valence-corrected chi connectivity index (χ1v) is 6.36. The van der Waals surface area contributed by atoms with Crippen molar-refractivity contribution in [2.75, 3.05) is 6.54 Å². The van der Waals surface area contributed by atoms with E-state index < -0.39 is 0 Å². The standard InChI is InChI=1S/C13H13BrN2O/c1-9(14)8-15-13(17)12-7-6-10-4-2-3-5-11(10)16-12/h2-7,9H,8H2,1H3,(H,15,17). The Hall–Kier alpha value is -1.42. The number of nitrogens with one attached hydrogen (secondary N) is 1. The number of carbonyl (C=O) groups is 1. The molecule has 1 aromatic heterocycles. The van der Waals surface area contributed by atoms with Crippen molar-refractivity contribution in [1.29, 1.82) is 0 Å². The second-order valence-electron chi connectivity index (χ2n) is 3.88. The first kappa shape index (κ1) is 12.0. The summed E-state index contributed by atoms with van der Waals surface area (Å²) < 4.78 is 0. The van der Waals surface area contributed by atoms with Gasteiger partial charge in [-0.05, 0) is 12.1 Å². The van der Waals surface area contributed by atoms with E-state index in [0.717, 1.165) is 10.9 Å². The number of fused-ring (bicyclic) bond motifs is 1. The number of nitrogens with zero attached hydrogens (tertiary/aromatic N) is 1. The number of halogens is 1. The summed E-state index contributed by atoms with van der Waals surface area (Å²) in [6.45, 7) is 2.57. The SMILES string of the molecule is CC(Br)CNC(=O)c1ccc2ccccc2n1. The topological polar surface area (TPSA) is 42.0 Å². The predicted molar refractivity (Wildman–Crippen MR) is 72.5 cm³/mol. The van der Waals surface area contributed by atoms with E-state index in [4.69, 9.17) is 0 Å². The molecule has 4 heteroatoms. The Bertz CT molecular complexity index is 540. The van der Waals surface area contributed by atoms with Gasteiger partial charge in [0.05, 0.1) is 5.52 Å². The molecule has 1 N–H and O–H groups in total. The molecule has 0 bridgehead atoms. The summed E-state index contributed by atoms with van der Waals surface area (Å²) in [6.07, 6.45) is 0. The largest absolute Gasteiger partial charge is 0.350 e. The third-order valence-corrected chi connectivity index (χ3v) is 2.70. The molecule has 0 saturated heterocycles. The number of rotatable bonds is 3. The monoisotopic (exact) mass is 292 g/mol. The summed E-state index contributed by atoms with van der Waals surface area (Å²) in [5.41, 5.74) is 1.30. The fourth-order valence-corrected chi connectivity index (χ4v) is 1.68. The highest BCUT2D eigenvalue weighted by atomic mass is 79.9. The molecule has 3 nitrogen and oxygen atoms in total. The molecule has 0 aliphatic carbocycles. The molecule has 0 spiro atoms. The van der Waals surface area contributed by atoms with Crippen LogP contribution in [0.5, 0.6) is 0 Å². The Morgan fingerprint density at radius 2 is 2.12 bits per heavy atom. The highest BCUT2D eigenvalue weighted by Gasteiger charge is 2.08. The Kier molecular flexibility index (Phi) is 3.74. The zero-order chi connectivity index (χ0) is 12.3. The lowest BCUT2D eigenvalue weighted by Crippen LogP contribution is -2.29. The zero-order valence-electron chi connectivity index (χ0n) is 9.48. The van der Waals surface area contributed by atoms with E-state index >= 15 is 0 Å². The van der Waals surface area contributed by atoms with Crippen LogP contribution in [0.25, 0.3) is 10.9 Å².